The van der Waals surface area contributed by atoms with E-state index in [0.29, 0.717) is 13.0 Å². The van der Waals surface area contributed by atoms with E-state index in [2.05, 4.69) is 41.8 Å². The summed E-state index contributed by atoms with van der Waals surface area (Å²) in [4.78, 5) is 0. The maximum atomic E-state index is 12.8. The number of sulfonamides is 1. The van der Waals surface area contributed by atoms with Gasteiger partial charge in [0.15, 0.2) is 0 Å². The lowest BCUT2D eigenvalue weighted by Gasteiger charge is -2.35. The Balaban J connectivity index is -0.00000112. The largest absolute Gasteiger partial charge is 0.329 e. The van der Waals surface area contributed by atoms with Crippen LogP contribution in [-0.2, 0) is 10.0 Å². The predicted molar refractivity (Wildman–Crippen MR) is 115 cm³/mol. The van der Waals surface area contributed by atoms with Crippen molar-refractivity contribution in [3.8, 4) is 0 Å². The molecule has 0 atom stereocenters. The van der Waals surface area contributed by atoms with Gasteiger partial charge in [0.25, 0.3) is 0 Å². The molecule has 25 heavy (non-hydrogen) atoms. The molecule has 0 saturated heterocycles. The average molecular weight is 382 g/mol. The van der Waals surface area contributed by atoms with Gasteiger partial charge in [-0.2, -0.15) is 0 Å². The SMILES string of the molecule is CC.CC.CC[N+](C)(C)CCCN(C)S(=O)(=O)C(C)(C)CC(C)(C)C. The Bertz CT molecular complexity index is 421. The lowest BCUT2D eigenvalue weighted by atomic mass is 9.86. The minimum atomic E-state index is -3.27. The van der Waals surface area contributed by atoms with Crippen LogP contribution in [0.15, 0.2) is 0 Å². The van der Waals surface area contributed by atoms with Crippen LogP contribution < -0.4 is 0 Å². The zero-order chi connectivity index (χ0) is 21.1. The topological polar surface area (TPSA) is 37.4 Å². The molecule has 5 heteroatoms. The van der Waals surface area contributed by atoms with Crippen molar-refractivity contribution in [3.05, 3.63) is 0 Å². The highest BCUT2D eigenvalue weighted by Crippen LogP contribution is 2.33. The van der Waals surface area contributed by atoms with Gasteiger partial charge in [0, 0.05) is 20.0 Å². The summed E-state index contributed by atoms with van der Waals surface area (Å²) in [6.45, 7) is 22.8. The van der Waals surface area contributed by atoms with Crippen LogP contribution in [-0.4, -0.2) is 62.7 Å². The summed E-state index contributed by atoms with van der Waals surface area (Å²) in [7, 11) is 2.80. The number of nitrogens with zero attached hydrogens (tertiary/aromatic N) is 2. The Labute approximate surface area is 160 Å². The molecule has 4 nitrogen and oxygen atoms in total. The summed E-state index contributed by atoms with van der Waals surface area (Å²) in [6, 6.07) is 0. The third kappa shape index (κ3) is 12.0. The highest BCUT2D eigenvalue weighted by molar-refractivity contribution is 7.90. The summed E-state index contributed by atoms with van der Waals surface area (Å²) >= 11 is 0. The molecular weight excluding hydrogens is 332 g/mol. The lowest BCUT2D eigenvalue weighted by molar-refractivity contribution is -0.888. The number of hydrogen-bond donors (Lipinski definition) is 0. The average Bonchev–Trinajstić information content (AvgIpc) is 2.48. The van der Waals surface area contributed by atoms with Gasteiger partial charge in [-0.25, -0.2) is 12.7 Å². The van der Waals surface area contributed by atoms with E-state index in [1.54, 1.807) is 11.4 Å². The van der Waals surface area contributed by atoms with Crippen LogP contribution in [0.3, 0.4) is 0 Å². The van der Waals surface area contributed by atoms with E-state index in [4.69, 9.17) is 0 Å². The molecule has 0 aliphatic rings. The molecule has 0 saturated carbocycles. The van der Waals surface area contributed by atoms with Crippen molar-refractivity contribution in [1.29, 1.82) is 0 Å². The molecule has 0 radical (unpaired) electrons. The normalized spacial score (nSPS) is 12.9. The molecule has 0 aliphatic carbocycles. The van der Waals surface area contributed by atoms with E-state index in [1.165, 1.54) is 0 Å². The van der Waals surface area contributed by atoms with Crippen LogP contribution in [0.5, 0.6) is 0 Å². The Morgan fingerprint density at radius 3 is 1.64 bits per heavy atom. The first kappa shape index (κ1) is 29.6. The lowest BCUT2D eigenvalue weighted by Crippen LogP contribution is -2.46. The fourth-order valence-electron chi connectivity index (χ4n) is 2.79. The summed E-state index contributed by atoms with van der Waals surface area (Å²) in [5.74, 6) is 0. The molecule has 0 fully saturated rings. The van der Waals surface area contributed by atoms with Gasteiger partial charge in [0.05, 0.1) is 31.9 Å². The van der Waals surface area contributed by atoms with Crippen LogP contribution >= 0.6 is 0 Å². The fourth-order valence-corrected chi connectivity index (χ4v) is 4.62. The number of rotatable bonds is 8. The zero-order valence-electron chi connectivity index (χ0n) is 19.7. The van der Waals surface area contributed by atoms with Gasteiger partial charge in [-0.15, -0.1) is 0 Å². The first-order valence-electron chi connectivity index (χ1n) is 9.92. The maximum absolute atomic E-state index is 12.8. The smallest absolute Gasteiger partial charge is 0.219 e. The summed E-state index contributed by atoms with van der Waals surface area (Å²) in [5.41, 5.74) is -0.00149. The molecule has 0 amide bonds. The monoisotopic (exact) mass is 381 g/mol. The highest BCUT2D eigenvalue weighted by atomic mass is 32.2. The van der Waals surface area contributed by atoms with E-state index in [-0.39, 0.29) is 5.41 Å². The molecule has 156 valence electrons. The van der Waals surface area contributed by atoms with Crippen molar-refractivity contribution in [2.24, 2.45) is 5.41 Å². The summed E-state index contributed by atoms with van der Waals surface area (Å²) in [6.07, 6.45) is 1.55. The van der Waals surface area contributed by atoms with E-state index < -0.39 is 14.8 Å². The molecular formula is C20H49N2O2S+. The van der Waals surface area contributed by atoms with Gasteiger partial charge in [0.1, 0.15) is 0 Å². The minimum absolute atomic E-state index is 0.00149. The molecule has 0 aromatic rings. The van der Waals surface area contributed by atoms with Crippen molar-refractivity contribution in [2.75, 3.05) is 40.8 Å². The van der Waals surface area contributed by atoms with Crippen LogP contribution in [0.1, 0.15) is 82.1 Å². The molecule has 0 heterocycles. The Hall–Kier alpha value is -0.130. The Morgan fingerprint density at radius 1 is 0.920 bits per heavy atom. The fraction of sp³-hybridized carbons (Fsp3) is 1.00. The molecule has 0 aromatic heterocycles. The van der Waals surface area contributed by atoms with Crippen molar-refractivity contribution in [1.82, 2.24) is 4.31 Å². The molecule has 0 aromatic carbocycles. The molecule has 0 rings (SSSR count). The zero-order valence-corrected chi connectivity index (χ0v) is 20.5. The van der Waals surface area contributed by atoms with Gasteiger partial charge in [-0.05, 0) is 32.6 Å². The molecule has 0 aliphatic heterocycles. The number of quaternary nitrogens is 1. The molecule has 0 spiro atoms. The second kappa shape index (κ2) is 12.3. The van der Waals surface area contributed by atoms with Crippen LogP contribution in [0.4, 0.5) is 0 Å². The van der Waals surface area contributed by atoms with Crippen molar-refractivity contribution in [3.63, 3.8) is 0 Å². The minimum Gasteiger partial charge on any atom is -0.329 e. The van der Waals surface area contributed by atoms with E-state index in [0.717, 1.165) is 24.0 Å². The second-order valence-corrected chi connectivity index (χ2v) is 11.3. The van der Waals surface area contributed by atoms with E-state index >= 15 is 0 Å². The van der Waals surface area contributed by atoms with Crippen molar-refractivity contribution < 1.29 is 12.9 Å². The van der Waals surface area contributed by atoms with Crippen LogP contribution in [0.2, 0.25) is 0 Å². The van der Waals surface area contributed by atoms with Gasteiger partial charge < -0.3 is 4.48 Å². The van der Waals surface area contributed by atoms with E-state index in [1.807, 2.05) is 41.5 Å². The molecule has 0 N–H and O–H groups in total. The first-order valence-corrected chi connectivity index (χ1v) is 11.4. The van der Waals surface area contributed by atoms with E-state index in [9.17, 15) is 8.42 Å². The summed E-state index contributed by atoms with van der Waals surface area (Å²) in [5, 5.41) is 0. The molecule has 0 unspecified atom stereocenters. The second-order valence-electron chi connectivity index (χ2n) is 8.65. The van der Waals surface area contributed by atoms with Crippen LogP contribution in [0.25, 0.3) is 0 Å². The van der Waals surface area contributed by atoms with Gasteiger partial charge in [-0.3, -0.25) is 0 Å². The number of hydrogen-bond acceptors (Lipinski definition) is 2. The Kier molecular flexibility index (Phi) is 14.6. The third-order valence-electron chi connectivity index (χ3n) is 4.16. The van der Waals surface area contributed by atoms with Crippen LogP contribution in [0, 0.1) is 5.41 Å². The maximum Gasteiger partial charge on any atom is 0.219 e. The van der Waals surface area contributed by atoms with Crippen molar-refractivity contribution >= 4 is 10.0 Å². The first-order chi connectivity index (χ1) is 11.1. The molecule has 0 bridgehead atoms. The predicted octanol–water partition coefficient (Wildman–Crippen LogP) is 5.00. The van der Waals surface area contributed by atoms with Gasteiger partial charge in [0.2, 0.25) is 10.0 Å². The quantitative estimate of drug-likeness (QED) is 0.555. The Morgan fingerprint density at radius 2 is 1.32 bits per heavy atom. The van der Waals surface area contributed by atoms with Gasteiger partial charge in [-0.1, -0.05) is 48.5 Å². The highest BCUT2D eigenvalue weighted by Gasteiger charge is 2.40. The van der Waals surface area contributed by atoms with Crippen molar-refractivity contribution in [2.45, 2.75) is 86.8 Å². The third-order valence-corrected chi connectivity index (χ3v) is 6.70. The standard InChI is InChI=1S/C16H37N2O2S.2C2H6/c1-10-18(8,9)13-11-12-17(7)21(19,20)16(5,6)14-15(2,3)4;2*1-2/h10-14H2,1-9H3;2*1-2H3/q+1;;. The summed E-state index contributed by atoms with van der Waals surface area (Å²) < 4.78 is 27.3. The van der Waals surface area contributed by atoms with Gasteiger partial charge >= 0.3 is 0 Å².